The summed E-state index contributed by atoms with van der Waals surface area (Å²) >= 11 is 0. The fraction of sp³-hybridized carbons (Fsp3) is 0.250. The molecule has 0 radical (unpaired) electrons. The van der Waals surface area contributed by atoms with Gasteiger partial charge >= 0.3 is 0 Å². The molecule has 0 unspecified atom stereocenters. The second-order valence-electron chi connectivity index (χ2n) is 6.70. The van der Waals surface area contributed by atoms with Crippen LogP contribution in [0.4, 0.5) is 13.2 Å². The van der Waals surface area contributed by atoms with Crippen LogP contribution in [0.25, 0.3) is 11.1 Å². The highest BCUT2D eigenvalue weighted by Crippen LogP contribution is 2.26. The van der Waals surface area contributed by atoms with Gasteiger partial charge in [-0.25, -0.2) is 8.78 Å². The summed E-state index contributed by atoms with van der Waals surface area (Å²) in [6, 6.07) is 15.5. The van der Waals surface area contributed by atoms with Crippen LogP contribution >= 0.6 is 0 Å². The third-order valence-corrected chi connectivity index (χ3v) is 4.80. The van der Waals surface area contributed by atoms with Crippen molar-refractivity contribution in [3.8, 4) is 16.9 Å². The summed E-state index contributed by atoms with van der Waals surface area (Å²) in [5, 5.41) is 0. The summed E-state index contributed by atoms with van der Waals surface area (Å²) < 4.78 is 52.4. The maximum atomic E-state index is 14.4. The normalized spacial score (nSPS) is 10.9. The van der Waals surface area contributed by atoms with Gasteiger partial charge in [0.25, 0.3) is 0 Å². The molecule has 0 bridgehead atoms. The van der Waals surface area contributed by atoms with Crippen molar-refractivity contribution in [1.29, 1.82) is 0 Å². The number of methoxy groups -OCH3 is 1. The number of hydrogen-bond acceptors (Lipinski definition) is 2. The maximum absolute atomic E-state index is 14.4. The number of hydrogen-bond donors (Lipinski definition) is 0. The lowest BCUT2D eigenvalue weighted by Gasteiger charge is -2.09. The molecule has 152 valence electrons. The maximum Gasteiger partial charge on any atom is 0.200 e. The summed E-state index contributed by atoms with van der Waals surface area (Å²) in [7, 11) is 1.30. The lowest BCUT2D eigenvalue weighted by atomic mass is 9.99. The Labute approximate surface area is 168 Å². The van der Waals surface area contributed by atoms with Gasteiger partial charge in [-0.05, 0) is 54.2 Å². The van der Waals surface area contributed by atoms with Crippen molar-refractivity contribution in [2.75, 3.05) is 13.7 Å². The molecule has 0 fully saturated rings. The monoisotopic (exact) mass is 400 g/mol. The molecule has 0 aliphatic heterocycles. The van der Waals surface area contributed by atoms with E-state index in [-0.39, 0.29) is 11.6 Å². The Morgan fingerprint density at radius 2 is 1.52 bits per heavy atom. The van der Waals surface area contributed by atoms with Crippen molar-refractivity contribution in [3.63, 3.8) is 0 Å². The molecule has 0 N–H and O–H groups in total. The standard InChI is InChI=1S/C24H23F3O2/c1-3-29-15-17-7-12-20(21(25)14-17)18-8-4-16(5-9-18)6-10-19-11-13-22(28-2)24(27)23(19)26/h4-5,7-9,11-14H,3,6,10,15H2,1-2H3. The SMILES string of the molecule is CCOCc1ccc(-c2ccc(CCc3ccc(OC)c(F)c3F)cc2)c(F)c1. The van der Waals surface area contributed by atoms with Crippen molar-refractivity contribution < 1.29 is 22.6 Å². The Balaban J connectivity index is 1.69. The highest BCUT2D eigenvalue weighted by molar-refractivity contribution is 5.64. The summed E-state index contributed by atoms with van der Waals surface area (Å²) in [6.07, 6.45) is 0.894. The van der Waals surface area contributed by atoms with Crippen molar-refractivity contribution in [1.82, 2.24) is 0 Å². The molecule has 2 nitrogen and oxygen atoms in total. The summed E-state index contributed by atoms with van der Waals surface area (Å²) in [4.78, 5) is 0. The molecule has 0 saturated carbocycles. The van der Waals surface area contributed by atoms with Crippen LogP contribution in [0.2, 0.25) is 0 Å². The topological polar surface area (TPSA) is 18.5 Å². The van der Waals surface area contributed by atoms with Gasteiger partial charge in [0.05, 0.1) is 13.7 Å². The molecule has 0 aliphatic rings. The van der Waals surface area contributed by atoms with E-state index in [0.29, 0.717) is 37.2 Å². The highest BCUT2D eigenvalue weighted by Gasteiger charge is 2.14. The molecule has 0 heterocycles. The van der Waals surface area contributed by atoms with Gasteiger partial charge in [-0.15, -0.1) is 0 Å². The van der Waals surface area contributed by atoms with E-state index >= 15 is 0 Å². The Morgan fingerprint density at radius 1 is 0.793 bits per heavy atom. The summed E-state index contributed by atoms with van der Waals surface area (Å²) in [5.41, 5.74) is 3.32. The number of aryl methyl sites for hydroxylation is 2. The largest absolute Gasteiger partial charge is 0.494 e. The quantitative estimate of drug-likeness (QED) is 0.455. The zero-order valence-electron chi connectivity index (χ0n) is 16.5. The highest BCUT2D eigenvalue weighted by atomic mass is 19.2. The molecule has 3 aromatic rings. The van der Waals surface area contributed by atoms with Gasteiger partial charge in [0.2, 0.25) is 5.82 Å². The van der Waals surface area contributed by atoms with Crippen LogP contribution in [0.5, 0.6) is 5.75 Å². The number of rotatable bonds is 8. The van der Waals surface area contributed by atoms with Crippen LogP contribution in [0.3, 0.4) is 0 Å². The van der Waals surface area contributed by atoms with E-state index in [1.165, 1.54) is 25.3 Å². The van der Waals surface area contributed by atoms with Crippen LogP contribution in [-0.4, -0.2) is 13.7 Å². The zero-order chi connectivity index (χ0) is 20.8. The van der Waals surface area contributed by atoms with E-state index in [1.807, 2.05) is 37.3 Å². The molecular weight excluding hydrogens is 377 g/mol. The van der Waals surface area contributed by atoms with E-state index in [4.69, 9.17) is 9.47 Å². The van der Waals surface area contributed by atoms with Gasteiger partial charge < -0.3 is 9.47 Å². The molecule has 0 saturated heterocycles. The molecule has 0 atom stereocenters. The molecule has 0 amide bonds. The van der Waals surface area contributed by atoms with Gasteiger partial charge in [0, 0.05) is 12.2 Å². The minimum absolute atomic E-state index is 0.107. The second kappa shape index (κ2) is 9.61. The molecule has 5 heteroatoms. The van der Waals surface area contributed by atoms with Gasteiger partial charge in [0.15, 0.2) is 11.6 Å². The molecule has 0 aliphatic carbocycles. The van der Waals surface area contributed by atoms with E-state index in [1.54, 1.807) is 6.07 Å². The fourth-order valence-corrected chi connectivity index (χ4v) is 3.15. The van der Waals surface area contributed by atoms with Crippen LogP contribution < -0.4 is 4.74 Å². The van der Waals surface area contributed by atoms with Crippen molar-refractivity contribution in [2.45, 2.75) is 26.4 Å². The lowest BCUT2D eigenvalue weighted by Crippen LogP contribution is -2.00. The first-order valence-electron chi connectivity index (χ1n) is 9.49. The predicted molar refractivity (Wildman–Crippen MR) is 107 cm³/mol. The van der Waals surface area contributed by atoms with Gasteiger partial charge in [-0.1, -0.05) is 42.5 Å². The van der Waals surface area contributed by atoms with Crippen molar-refractivity contribution >= 4 is 0 Å². The molecular formula is C24H23F3O2. The van der Waals surface area contributed by atoms with Crippen LogP contribution in [0, 0.1) is 17.5 Å². The molecule has 3 aromatic carbocycles. The zero-order valence-corrected chi connectivity index (χ0v) is 16.5. The first kappa shape index (κ1) is 20.9. The smallest absolute Gasteiger partial charge is 0.200 e. The van der Waals surface area contributed by atoms with Gasteiger partial charge in [-0.2, -0.15) is 4.39 Å². The Kier molecular flexibility index (Phi) is 6.94. The Morgan fingerprint density at radius 3 is 2.17 bits per heavy atom. The first-order valence-corrected chi connectivity index (χ1v) is 9.49. The molecule has 29 heavy (non-hydrogen) atoms. The van der Waals surface area contributed by atoms with Crippen molar-refractivity contribution in [3.05, 3.63) is 88.7 Å². The molecule has 3 rings (SSSR count). The summed E-state index contributed by atoms with van der Waals surface area (Å²) in [5.74, 6) is -2.26. The van der Waals surface area contributed by atoms with Gasteiger partial charge in [0.1, 0.15) is 5.82 Å². The second-order valence-corrected chi connectivity index (χ2v) is 6.70. The first-order chi connectivity index (χ1) is 14.0. The third kappa shape index (κ3) is 4.98. The number of benzene rings is 3. The van der Waals surface area contributed by atoms with Crippen molar-refractivity contribution in [2.24, 2.45) is 0 Å². The average molecular weight is 400 g/mol. The van der Waals surface area contributed by atoms with E-state index in [0.717, 1.165) is 16.7 Å². The van der Waals surface area contributed by atoms with E-state index in [2.05, 4.69) is 0 Å². The Hall–Kier alpha value is -2.79. The van der Waals surface area contributed by atoms with Crippen LogP contribution in [0.1, 0.15) is 23.6 Å². The third-order valence-electron chi connectivity index (χ3n) is 4.80. The predicted octanol–water partition coefficient (Wildman–Crippen LogP) is 6.10. The van der Waals surface area contributed by atoms with Crippen LogP contribution in [0.15, 0.2) is 54.6 Å². The molecule has 0 spiro atoms. The summed E-state index contributed by atoms with van der Waals surface area (Å²) in [6.45, 7) is 2.86. The van der Waals surface area contributed by atoms with Crippen LogP contribution in [-0.2, 0) is 24.2 Å². The number of halogens is 3. The number of ether oxygens (including phenoxy) is 2. The minimum Gasteiger partial charge on any atom is -0.494 e. The van der Waals surface area contributed by atoms with Gasteiger partial charge in [-0.3, -0.25) is 0 Å². The minimum atomic E-state index is -0.969. The average Bonchev–Trinajstić information content (AvgIpc) is 2.74. The van der Waals surface area contributed by atoms with E-state index < -0.39 is 11.6 Å². The van der Waals surface area contributed by atoms with E-state index in [9.17, 15) is 13.2 Å². The Bertz CT molecular complexity index is 969. The lowest BCUT2D eigenvalue weighted by molar-refractivity contribution is 0.134. The fourth-order valence-electron chi connectivity index (χ4n) is 3.15. The molecule has 0 aromatic heterocycles.